The molecule has 1 fully saturated rings. The summed E-state index contributed by atoms with van der Waals surface area (Å²) in [6.45, 7) is 2.72. The Morgan fingerprint density at radius 1 is 1.53 bits per heavy atom. The average Bonchev–Trinajstić information content (AvgIpc) is 2.76. The van der Waals surface area contributed by atoms with Crippen LogP contribution >= 0.6 is 15.9 Å². The van der Waals surface area contributed by atoms with Crippen molar-refractivity contribution in [1.29, 1.82) is 0 Å². The number of aryl methyl sites for hydroxylation is 1. The van der Waals surface area contributed by atoms with Crippen LogP contribution in [0.25, 0.3) is 0 Å². The third-order valence-electron chi connectivity index (χ3n) is 2.65. The molecule has 0 spiro atoms. The van der Waals surface area contributed by atoms with Crippen LogP contribution in [0.15, 0.2) is 22.7 Å². The van der Waals surface area contributed by atoms with Crippen LogP contribution in [0.4, 0.5) is 10.5 Å². The fourth-order valence-electron chi connectivity index (χ4n) is 1.68. The summed E-state index contributed by atoms with van der Waals surface area (Å²) in [6, 6.07) is 5.47. The highest BCUT2D eigenvalue weighted by atomic mass is 79.9. The predicted octanol–water partition coefficient (Wildman–Crippen LogP) is 3.02. The molecule has 1 atom stereocenters. The minimum Gasteiger partial charge on any atom is -0.358 e. The lowest BCUT2D eigenvalue weighted by Gasteiger charge is -2.13. The summed E-state index contributed by atoms with van der Waals surface area (Å²) in [5, 5.41) is 5.55. The van der Waals surface area contributed by atoms with E-state index in [9.17, 15) is 4.79 Å². The number of rotatable bonds is 2. The molecule has 0 saturated carbocycles. The van der Waals surface area contributed by atoms with Gasteiger partial charge in [0.2, 0.25) is 0 Å². The van der Waals surface area contributed by atoms with Crippen LogP contribution in [0.5, 0.6) is 0 Å². The monoisotopic (exact) mass is 298 g/mol. The van der Waals surface area contributed by atoms with Crippen molar-refractivity contribution >= 4 is 27.6 Å². The second-order valence-electron chi connectivity index (χ2n) is 4.06. The van der Waals surface area contributed by atoms with Gasteiger partial charge in [0.1, 0.15) is 6.23 Å². The van der Waals surface area contributed by atoms with Gasteiger partial charge in [-0.15, -0.1) is 0 Å². The number of urea groups is 1. The van der Waals surface area contributed by atoms with Gasteiger partial charge in [-0.05, 0) is 37.5 Å². The Morgan fingerprint density at radius 3 is 3.00 bits per heavy atom. The molecule has 1 saturated heterocycles. The maximum absolute atomic E-state index is 11.6. The van der Waals surface area contributed by atoms with Crippen LogP contribution in [0.3, 0.4) is 0 Å². The smallest absolute Gasteiger partial charge is 0.321 e. The Labute approximate surface area is 109 Å². The summed E-state index contributed by atoms with van der Waals surface area (Å²) in [5.74, 6) is 0. The van der Waals surface area contributed by atoms with Gasteiger partial charge in [0.05, 0.1) is 0 Å². The zero-order chi connectivity index (χ0) is 12.3. The fourth-order valence-corrected chi connectivity index (χ4v) is 2.05. The van der Waals surface area contributed by atoms with Crippen molar-refractivity contribution in [2.75, 3.05) is 11.9 Å². The molecule has 1 unspecified atom stereocenters. The lowest BCUT2D eigenvalue weighted by molar-refractivity contribution is 0.0928. The zero-order valence-corrected chi connectivity index (χ0v) is 11.2. The molecule has 0 bridgehead atoms. The van der Waals surface area contributed by atoms with E-state index in [2.05, 4.69) is 26.6 Å². The van der Waals surface area contributed by atoms with Crippen LogP contribution < -0.4 is 10.6 Å². The molecule has 1 aromatic carbocycles. The zero-order valence-electron chi connectivity index (χ0n) is 9.63. The van der Waals surface area contributed by atoms with Crippen molar-refractivity contribution in [1.82, 2.24) is 5.32 Å². The number of hydrogen-bond acceptors (Lipinski definition) is 2. The number of anilines is 1. The van der Waals surface area contributed by atoms with Gasteiger partial charge in [-0.2, -0.15) is 0 Å². The normalized spacial score (nSPS) is 19.1. The highest BCUT2D eigenvalue weighted by Gasteiger charge is 2.17. The highest BCUT2D eigenvalue weighted by molar-refractivity contribution is 9.10. The van der Waals surface area contributed by atoms with Crippen molar-refractivity contribution in [2.45, 2.75) is 26.0 Å². The minimum atomic E-state index is -0.229. The van der Waals surface area contributed by atoms with Gasteiger partial charge >= 0.3 is 6.03 Å². The number of carbonyl (C=O) groups excluding carboxylic acids is 1. The molecular formula is C12H15BrN2O2. The summed E-state index contributed by atoms with van der Waals surface area (Å²) in [6.07, 6.45) is 1.73. The van der Waals surface area contributed by atoms with Gasteiger partial charge in [0, 0.05) is 16.8 Å². The van der Waals surface area contributed by atoms with Crippen molar-refractivity contribution < 1.29 is 9.53 Å². The molecule has 1 heterocycles. The highest BCUT2D eigenvalue weighted by Crippen LogP contribution is 2.20. The molecule has 17 heavy (non-hydrogen) atoms. The molecule has 1 aliphatic rings. The van der Waals surface area contributed by atoms with Crippen LogP contribution in [0.1, 0.15) is 18.4 Å². The number of carbonyl (C=O) groups is 1. The molecule has 92 valence electrons. The third kappa shape index (κ3) is 3.44. The van der Waals surface area contributed by atoms with Crippen LogP contribution in [0.2, 0.25) is 0 Å². The standard InChI is InChI=1S/C12H15BrN2O2/c1-8-4-5-9(7-10(8)13)14-12(16)15-11-3-2-6-17-11/h4-5,7,11H,2-3,6H2,1H3,(H2,14,15,16). The lowest BCUT2D eigenvalue weighted by atomic mass is 10.2. The van der Waals surface area contributed by atoms with Gasteiger partial charge in [0.25, 0.3) is 0 Å². The van der Waals surface area contributed by atoms with E-state index in [0.29, 0.717) is 0 Å². The second kappa shape index (κ2) is 5.51. The molecule has 5 heteroatoms. The largest absolute Gasteiger partial charge is 0.358 e. The van der Waals surface area contributed by atoms with Crippen LogP contribution in [-0.2, 0) is 4.74 Å². The molecule has 0 aromatic heterocycles. The second-order valence-corrected chi connectivity index (χ2v) is 4.92. The van der Waals surface area contributed by atoms with E-state index >= 15 is 0 Å². The Morgan fingerprint density at radius 2 is 2.35 bits per heavy atom. The first-order valence-corrected chi connectivity index (χ1v) is 6.40. The lowest BCUT2D eigenvalue weighted by Crippen LogP contribution is -2.37. The number of amides is 2. The molecular weight excluding hydrogens is 284 g/mol. The van der Waals surface area contributed by atoms with E-state index in [1.165, 1.54) is 0 Å². The van der Waals surface area contributed by atoms with Gasteiger partial charge in [0.15, 0.2) is 0 Å². The summed E-state index contributed by atoms with van der Waals surface area (Å²) in [7, 11) is 0. The first-order valence-electron chi connectivity index (χ1n) is 5.60. The number of hydrogen-bond donors (Lipinski definition) is 2. The van der Waals surface area contributed by atoms with E-state index in [-0.39, 0.29) is 12.3 Å². The van der Waals surface area contributed by atoms with E-state index in [4.69, 9.17) is 4.74 Å². The summed E-state index contributed by atoms with van der Waals surface area (Å²) in [5.41, 5.74) is 1.90. The van der Waals surface area contributed by atoms with E-state index < -0.39 is 0 Å². The maximum Gasteiger partial charge on any atom is 0.321 e. The van der Waals surface area contributed by atoms with Gasteiger partial charge in [-0.1, -0.05) is 22.0 Å². The topological polar surface area (TPSA) is 50.4 Å². The third-order valence-corrected chi connectivity index (χ3v) is 3.51. The van der Waals surface area contributed by atoms with Gasteiger partial charge in [-0.25, -0.2) is 4.79 Å². The van der Waals surface area contributed by atoms with Crippen molar-refractivity contribution in [3.63, 3.8) is 0 Å². The van der Waals surface area contributed by atoms with Crippen LogP contribution in [0, 0.1) is 6.92 Å². The first kappa shape index (κ1) is 12.4. The number of benzene rings is 1. The maximum atomic E-state index is 11.6. The molecule has 2 N–H and O–H groups in total. The molecule has 1 aromatic rings. The van der Waals surface area contributed by atoms with Crippen molar-refractivity contribution in [3.8, 4) is 0 Å². The van der Waals surface area contributed by atoms with Gasteiger partial charge < -0.3 is 15.4 Å². The Bertz CT molecular complexity index is 417. The van der Waals surface area contributed by atoms with Crippen molar-refractivity contribution in [2.24, 2.45) is 0 Å². The molecule has 2 amide bonds. The van der Waals surface area contributed by atoms with Gasteiger partial charge in [-0.3, -0.25) is 0 Å². The SMILES string of the molecule is Cc1ccc(NC(=O)NC2CCCO2)cc1Br. The minimum absolute atomic E-state index is 0.149. The van der Waals surface area contributed by atoms with E-state index in [0.717, 1.165) is 35.2 Å². The Balaban J connectivity index is 1.90. The summed E-state index contributed by atoms with van der Waals surface area (Å²) >= 11 is 3.43. The van der Waals surface area contributed by atoms with Crippen LogP contribution in [-0.4, -0.2) is 18.9 Å². The van der Waals surface area contributed by atoms with E-state index in [1.807, 2.05) is 25.1 Å². The Kier molecular flexibility index (Phi) is 4.02. The fraction of sp³-hybridized carbons (Fsp3) is 0.417. The number of nitrogens with one attached hydrogen (secondary N) is 2. The average molecular weight is 299 g/mol. The molecule has 0 aliphatic carbocycles. The number of halogens is 1. The molecule has 2 rings (SSSR count). The summed E-state index contributed by atoms with van der Waals surface area (Å²) < 4.78 is 6.30. The summed E-state index contributed by atoms with van der Waals surface area (Å²) in [4.78, 5) is 11.6. The molecule has 1 aliphatic heterocycles. The quantitative estimate of drug-likeness (QED) is 0.882. The molecule has 4 nitrogen and oxygen atoms in total. The molecule has 0 radical (unpaired) electrons. The predicted molar refractivity (Wildman–Crippen MR) is 70.0 cm³/mol. The van der Waals surface area contributed by atoms with E-state index in [1.54, 1.807) is 0 Å². The van der Waals surface area contributed by atoms with Crippen molar-refractivity contribution in [3.05, 3.63) is 28.2 Å². The first-order chi connectivity index (χ1) is 8.15. The number of ether oxygens (including phenoxy) is 1. The Hall–Kier alpha value is -1.07.